The van der Waals surface area contributed by atoms with Gasteiger partial charge in [0.1, 0.15) is 6.10 Å². The Kier molecular flexibility index (Phi) is 3.48. The van der Waals surface area contributed by atoms with Crippen LogP contribution in [0.4, 0.5) is 0 Å². The van der Waals surface area contributed by atoms with E-state index in [1.807, 2.05) is 13.8 Å². The maximum absolute atomic E-state index is 11.8. The summed E-state index contributed by atoms with van der Waals surface area (Å²) in [7, 11) is 1.80. The second kappa shape index (κ2) is 5.06. The lowest BCUT2D eigenvalue weighted by Crippen LogP contribution is -2.38. The second-order valence-electron chi connectivity index (χ2n) is 5.79. The summed E-state index contributed by atoms with van der Waals surface area (Å²) in [6.45, 7) is 4.22. The minimum atomic E-state index is -0.599. The lowest BCUT2D eigenvalue weighted by molar-refractivity contribution is -0.190. The van der Waals surface area contributed by atoms with Crippen LogP contribution in [0.2, 0.25) is 0 Å². The fourth-order valence-corrected chi connectivity index (χ4v) is 2.78. The summed E-state index contributed by atoms with van der Waals surface area (Å²) < 4.78 is 12.8. The third-order valence-electron chi connectivity index (χ3n) is 3.82. The molecule has 8 heteroatoms. The monoisotopic (exact) mass is 297 g/mol. The van der Waals surface area contributed by atoms with E-state index in [4.69, 9.17) is 14.3 Å². The molecule has 2 aliphatic rings. The SMILES string of the molecule is CN1O[C@H](n2ccc(=O)[nH]c2=O)C[C@H]1[C@H]1COC(C)(C)O1. The van der Waals surface area contributed by atoms with Gasteiger partial charge in [0.25, 0.3) is 5.56 Å². The first-order valence-corrected chi connectivity index (χ1v) is 6.88. The van der Waals surface area contributed by atoms with Gasteiger partial charge in [0.2, 0.25) is 0 Å². The molecule has 8 nitrogen and oxygen atoms in total. The molecule has 21 heavy (non-hydrogen) atoms. The molecular formula is C13H19N3O5. The smallest absolute Gasteiger partial charge is 0.330 e. The number of likely N-dealkylation sites (N-methyl/N-ethyl adjacent to an activating group) is 1. The standard InChI is InChI=1S/C13H19N3O5/c1-13(2)19-7-9(20-13)8-6-11(21-15(8)3)16-5-4-10(17)14-12(16)18/h4-5,8-9,11H,6-7H2,1-3H3,(H,14,17,18)/t8-,9+,11-/m0/s1. The van der Waals surface area contributed by atoms with Crippen molar-refractivity contribution in [3.05, 3.63) is 33.1 Å². The van der Waals surface area contributed by atoms with Crippen LogP contribution in [-0.4, -0.2) is 46.2 Å². The van der Waals surface area contributed by atoms with E-state index in [1.165, 1.54) is 16.8 Å². The van der Waals surface area contributed by atoms with Crippen LogP contribution in [0.25, 0.3) is 0 Å². The molecule has 116 valence electrons. The molecular weight excluding hydrogens is 278 g/mol. The maximum atomic E-state index is 11.8. The van der Waals surface area contributed by atoms with E-state index in [0.29, 0.717) is 13.0 Å². The van der Waals surface area contributed by atoms with Crippen LogP contribution in [0.3, 0.4) is 0 Å². The number of nitrogens with zero attached hydrogens (tertiary/aromatic N) is 2. The minimum Gasteiger partial charge on any atom is -0.348 e. The average molecular weight is 297 g/mol. The van der Waals surface area contributed by atoms with Crippen molar-refractivity contribution in [2.75, 3.05) is 13.7 Å². The van der Waals surface area contributed by atoms with Gasteiger partial charge in [-0.25, -0.2) is 4.79 Å². The van der Waals surface area contributed by atoms with Crippen molar-refractivity contribution in [2.45, 2.75) is 44.4 Å². The molecule has 1 aromatic heterocycles. The molecule has 0 radical (unpaired) electrons. The number of aromatic amines is 1. The highest BCUT2D eigenvalue weighted by Crippen LogP contribution is 2.34. The van der Waals surface area contributed by atoms with E-state index in [2.05, 4.69) is 4.98 Å². The molecule has 0 amide bonds. The molecule has 0 bridgehead atoms. The molecule has 0 saturated carbocycles. The van der Waals surface area contributed by atoms with Crippen molar-refractivity contribution in [3.63, 3.8) is 0 Å². The molecule has 2 aliphatic heterocycles. The maximum Gasteiger partial charge on any atom is 0.330 e. The first-order valence-electron chi connectivity index (χ1n) is 6.88. The molecule has 3 atom stereocenters. The number of hydrogen-bond donors (Lipinski definition) is 1. The molecule has 0 aromatic carbocycles. The Morgan fingerprint density at radius 3 is 2.76 bits per heavy atom. The number of H-pyrrole nitrogens is 1. The van der Waals surface area contributed by atoms with Gasteiger partial charge in [0.15, 0.2) is 12.0 Å². The van der Waals surface area contributed by atoms with Crippen molar-refractivity contribution in [2.24, 2.45) is 0 Å². The summed E-state index contributed by atoms with van der Waals surface area (Å²) >= 11 is 0. The van der Waals surface area contributed by atoms with E-state index in [1.54, 1.807) is 12.1 Å². The van der Waals surface area contributed by atoms with Crippen molar-refractivity contribution < 1.29 is 14.3 Å². The molecule has 2 saturated heterocycles. The Balaban J connectivity index is 1.77. The summed E-state index contributed by atoms with van der Waals surface area (Å²) in [5, 5.41) is 1.69. The van der Waals surface area contributed by atoms with Gasteiger partial charge in [-0.15, -0.1) is 0 Å². The molecule has 3 heterocycles. The number of ether oxygens (including phenoxy) is 2. The number of nitrogens with one attached hydrogen (secondary N) is 1. The van der Waals surface area contributed by atoms with Crippen LogP contribution in [0.5, 0.6) is 0 Å². The van der Waals surface area contributed by atoms with Crippen molar-refractivity contribution >= 4 is 0 Å². The third kappa shape index (κ3) is 2.80. The lowest BCUT2D eigenvalue weighted by Gasteiger charge is -2.23. The first-order chi connectivity index (χ1) is 9.85. The fourth-order valence-electron chi connectivity index (χ4n) is 2.78. The molecule has 0 aliphatic carbocycles. The Morgan fingerprint density at radius 2 is 2.14 bits per heavy atom. The van der Waals surface area contributed by atoms with Crippen molar-refractivity contribution in [1.82, 2.24) is 14.6 Å². The van der Waals surface area contributed by atoms with Crippen LogP contribution in [0.1, 0.15) is 26.5 Å². The van der Waals surface area contributed by atoms with Gasteiger partial charge in [-0.2, -0.15) is 5.06 Å². The van der Waals surface area contributed by atoms with Gasteiger partial charge in [-0.05, 0) is 13.8 Å². The second-order valence-corrected chi connectivity index (χ2v) is 5.79. The minimum absolute atomic E-state index is 0.0180. The molecule has 2 fully saturated rings. The molecule has 0 spiro atoms. The Labute approximate surface area is 121 Å². The molecule has 3 rings (SSSR count). The summed E-state index contributed by atoms with van der Waals surface area (Å²) in [4.78, 5) is 30.9. The van der Waals surface area contributed by atoms with Crippen molar-refractivity contribution in [3.8, 4) is 0 Å². The van der Waals surface area contributed by atoms with Gasteiger partial charge >= 0.3 is 5.69 Å². The van der Waals surface area contributed by atoms with E-state index >= 15 is 0 Å². The molecule has 0 unspecified atom stereocenters. The van der Waals surface area contributed by atoms with Gasteiger partial charge in [0, 0.05) is 25.7 Å². The zero-order valence-corrected chi connectivity index (χ0v) is 12.2. The van der Waals surface area contributed by atoms with Gasteiger partial charge in [0.05, 0.1) is 12.6 Å². The van der Waals surface area contributed by atoms with Crippen molar-refractivity contribution in [1.29, 1.82) is 0 Å². The summed E-state index contributed by atoms with van der Waals surface area (Å²) in [6.07, 6.45) is 1.44. The quantitative estimate of drug-likeness (QED) is 0.815. The van der Waals surface area contributed by atoms with Crippen LogP contribution in [0.15, 0.2) is 21.9 Å². The van der Waals surface area contributed by atoms with E-state index in [9.17, 15) is 9.59 Å². The highest BCUT2D eigenvalue weighted by atomic mass is 16.8. The Morgan fingerprint density at radius 1 is 1.38 bits per heavy atom. The summed E-state index contributed by atoms with van der Waals surface area (Å²) in [5.74, 6) is -0.599. The van der Waals surface area contributed by atoms with Crippen LogP contribution < -0.4 is 11.2 Å². The topological polar surface area (TPSA) is 85.8 Å². The Bertz CT molecular complexity index is 637. The highest BCUT2D eigenvalue weighted by Gasteiger charge is 2.44. The first kappa shape index (κ1) is 14.5. The fraction of sp³-hybridized carbons (Fsp3) is 0.692. The van der Waals surface area contributed by atoms with Crippen LogP contribution in [0, 0.1) is 0 Å². The zero-order valence-electron chi connectivity index (χ0n) is 12.2. The van der Waals surface area contributed by atoms with Gasteiger partial charge in [-0.3, -0.25) is 19.2 Å². The third-order valence-corrected chi connectivity index (χ3v) is 3.82. The number of rotatable bonds is 2. The number of aromatic nitrogens is 2. The zero-order chi connectivity index (χ0) is 15.2. The number of hydroxylamine groups is 2. The number of hydrogen-bond acceptors (Lipinski definition) is 6. The van der Waals surface area contributed by atoms with E-state index < -0.39 is 23.3 Å². The normalized spacial score (nSPS) is 32.6. The van der Waals surface area contributed by atoms with Gasteiger partial charge < -0.3 is 9.47 Å². The van der Waals surface area contributed by atoms with E-state index in [-0.39, 0.29) is 12.1 Å². The highest BCUT2D eigenvalue weighted by molar-refractivity contribution is 4.90. The van der Waals surface area contributed by atoms with Crippen LogP contribution in [-0.2, 0) is 14.3 Å². The predicted molar refractivity (Wildman–Crippen MR) is 72.5 cm³/mol. The molecule has 1 N–H and O–H groups in total. The van der Waals surface area contributed by atoms with Crippen LogP contribution >= 0.6 is 0 Å². The van der Waals surface area contributed by atoms with Gasteiger partial charge in [-0.1, -0.05) is 0 Å². The lowest BCUT2D eigenvalue weighted by atomic mass is 10.1. The average Bonchev–Trinajstić information content (AvgIpc) is 2.92. The predicted octanol–water partition coefficient (Wildman–Crippen LogP) is -0.178. The Hall–Kier alpha value is -1.48. The molecule has 1 aromatic rings. The largest absolute Gasteiger partial charge is 0.348 e. The summed E-state index contributed by atoms with van der Waals surface area (Å²) in [6, 6.07) is 1.28. The summed E-state index contributed by atoms with van der Waals surface area (Å²) in [5.41, 5.74) is -0.904. The van der Waals surface area contributed by atoms with E-state index in [0.717, 1.165) is 0 Å².